The maximum atomic E-state index is 12.8. The summed E-state index contributed by atoms with van der Waals surface area (Å²) in [5.74, 6) is 0.546. The summed E-state index contributed by atoms with van der Waals surface area (Å²) in [5, 5.41) is 10.5. The molecule has 0 bridgehead atoms. The Bertz CT molecular complexity index is 992. The molecule has 0 radical (unpaired) electrons. The van der Waals surface area contributed by atoms with Crippen molar-refractivity contribution in [2.45, 2.75) is 126 Å². The highest BCUT2D eigenvalue weighted by atomic mass is 16.5. The van der Waals surface area contributed by atoms with Crippen molar-refractivity contribution in [3.8, 4) is 0 Å². The SMILES string of the molecule is CC(=O)O[C@H]1CCC2(C)[C@H]3CC=C4C5CC(C)(C)CCC5(C(=O)O)CC[C@@]4(C)C3(C)CC[C@H]2C1(C)C. The third-order valence-corrected chi connectivity index (χ3v) is 13.3. The van der Waals surface area contributed by atoms with Crippen LogP contribution in [0.1, 0.15) is 120 Å². The van der Waals surface area contributed by atoms with E-state index in [0.29, 0.717) is 11.8 Å². The molecule has 8 atom stereocenters. The molecule has 4 unspecified atom stereocenters. The number of hydrogen-bond donors (Lipinski definition) is 1. The Kier molecular flexibility index (Phi) is 5.74. The van der Waals surface area contributed by atoms with Crippen LogP contribution in [0.3, 0.4) is 0 Å². The first-order chi connectivity index (χ1) is 16.5. The lowest BCUT2D eigenvalue weighted by atomic mass is 9.33. The molecule has 4 saturated carbocycles. The van der Waals surface area contributed by atoms with Crippen LogP contribution < -0.4 is 0 Å². The second kappa shape index (κ2) is 7.85. The molecule has 5 aliphatic carbocycles. The van der Waals surface area contributed by atoms with E-state index >= 15 is 0 Å². The van der Waals surface area contributed by atoms with Crippen LogP contribution in [0, 0.1) is 50.2 Å². The van der Waals surface area contributed by atoms with Gasteiger partial charge >= 0.3 is 11.9 Å². The number of carbonyl (C=O) groups is 2. The standard InChI is InChI=1S/C32H50O4/c1-20(33)36-25-12-13-29(6)23(28(25,4)5)11-14-31(8)24(29)10-9-21-22-19-27(2,3)15-17-32(22,26(34)35)18-16-30(21,31)7/h9,22-25H,10-19H2,1-8H3,(H,34,35)/t22?,23-,24+,25-,29?,30+,31?,32?/m0/s1. The molecule has 0 aliphatic heterocycles. The number of aliphatic carboxylic acids is 1. The highest BCUT2D eigenvalue weighted by molar-refractivity contribution is 5.76. The molecule has 0 heterocycles. The number of fused-ring (bicyclic) bond motifs is 7. The molecule has 0 spiro atoms. The molecule has 36 heavy (non-hydrogen) atoms. The van der Waals surface area contributed by atoms with Crippen LogP contribution in [0.4, 0.5) is 0 Å². The van der Waals surface area contributed by atoms with Gasteiger partial charge in [-0.15, -0.1) is 0 Å². The predicted molar refractivity (Wildman–Crippen MR) is 142 cm³/mol. The van der Waals surface area contributed by atoms with E-state index in [1.165, 1.54) is 12.0 Å². The Morgan fingerprint density at radius 3 is 2.19 bits per heavy atom. The van der Waals surface area contributed by atoms with Crippen molar-refractivity contribution >= 4 is 11.9 Å². The van der Waals surface area contributed by atoms with Crippen LogP contribution in [0.5, 0.6) is 0 Å². The number of esters is 1. The van der Waals surface area contributed by atoms with Crippen LogP contribution >= 0.6 is 0 Å². The molecule has 0 saturated heterocycles. The van der Waals surface area contributed by atoms with E-state index in [1.54, 1.807) is 6.92 Å². The molecule has 4 heteroatoms. The van der Waals surface area contributed by atoms with Crippen molar-refractivity contribution in [2.24, 2.45) is 50.2 Å². The van der Waals surface area contributed by atoms with Gasteiger partial charge in [0.15, 0.2) is 0 Å². The largest absolute Gasteiger partial charge is 0.481 e. The summed E-state index contributed by atoms with van der Waals surface area (Å²) in [6, 6.07) is 0. The minimum absolute atomic E-state index is 0.00181. The van der Waals surface area contributed by atoms with Crippen LogP contribution in [-0.2, 0) is 14.3 Å². The molecule has 5 aliphatic rings. The van der Waals surface area contributed by atoms with E-state index in [1.807, 2.05) is 0 Å². The quantitative estimate of drug-likeness (QED) is 0.311. The van der Waals surface area contributed by atoms with Gasteiger partial charge in [-0.1, -0.05) is 60.1 Å². The fraction of sp³-hybridized carbons (Fsp3) is 0.875. The Hall–Kier alpha value is -1.32. The molecule has 0 aromatic heterocycles. The fourth-order valence-corrected chi connectivity index (χ4v) is 11.0. The first-order valence-electron chi connectivity index (χ1n) is 14.6. The minimum atomic E-state index is -0.574. The Balaban J connectivity index is 1.55. The van der Waals surface area contributed by atoms with E-state index in [4.69, 9.17) is 4.74 Å². The normalized spacial score (nSPS) is 48.8. The molecule has 4 fully saturated rings. The third-order valence-electron chi connectivity index (χ3n) is 13.3. The summed E-state index contributed by atoms with van der Waals surface area (Å²) in [5.41, 5.74) is 1.50. The molecule has 0 amide bonds. The average Bonchev–Trinajstić information content (AvgIpc) is 2.75. The maximum Gasteiger partial charge on any atom is 0.310 e. The van der Waals surface area contributed by atoms with Crippen LogP contribution in [0.2, 0.25) is 0 Å². The second-order valence-corrected chi connectivity index (χ2v) is 15.6. The Morgan fingerprint density at radius 2 is 1.56 bits per heavy atom. The maximum absolute atomic E-state index is 12.8. The lowest BCUT2D eigenvalue weighted by Crippen LogP contribution is -2.65. The molecule has 0 aromatic carbocycles. The lowest BCUT2D eigenvalue weighted by molar-refractivity contribution is -0.213. The number of allylic oxidation sites excluding steroid dienone is 2. The van der Waals surface area contributed by atoms with Crippen molar-refractivity contribution in [2.75, 3.05) is 0 Å². The monoisotopic (exact) mass is 498 g/mol. The van der Waals surface area contributed by atoms with Gasteiger partial charge in [0.05, 0.1) is 5.41 Å². The lowest BCUT2D eigenvalue weighted by Gasteiger charge is -2.71. The zero-order valence-corrected chi connectivity index (χ0v) is 24.1. The predicted octanol–water partition coefficient (Wildman–Crippen LogP) is 7.80. The molecule has 0 aromatic rings. The van der Waals surface area contributed by atoms with Crippen LogP contribution in [0.25, 0.3) is 0 Å². The number of ether oxygens (including phenoxy) is 1. The number of rotatable bonds is 2. The van der Waals surface area contributed by atoms with E-state index in [9.17, 15) is 14.7 Å². The molecular weight excluding hydrogens is 448 g/mol. The number of carboxylic acid groups (broad SMARTS) is 1. The number of hydrogen-bond acceptors (Lipinski definition) is 3. The summed E-state index contributed by atoms with van der Waals surface area (Å²) >= 11 is 0. The van der Waals surface area contributed by atoms with Gasteiger partial charge in [0, 0.05) is 12.3 Å². The van der Waals surface area contributed by atoms with Crippen molar-refractivity contribution < 1.29 is 19.4 Å². The highest BCUT2D eigenvalue weighted by Crippen LogP contribution is 2.75. The molecule has 4 nitrogen and oxygen atoms in total. The van der Waals surface area contributed by atoms with Crippen molar-refractivity contribution in [3.63, 3.8) is 0 Å². The summed E-state index contributed by atoms with van der Waals surface area (Å²) in [6.07, 6.45) is 12.6. The Morgan fingerprint density at radius 1 is 0.889 bits per heavy atom. The van der Waals surface area contributed by atoms with Gasteiger partial charge in [-0.3, -0.25) is 9.59 Å². The van der Waals surface area contributed by atoms with Gasteiger partial charge in [-0.05, 0) is 104 Å². The summed E-state index contributed by atoms with van der Waals surface area (Å²) < 4.78 is 5.87. The zero-order valence-electron chi connectivity index (χ0n) is 24.1. The van der Waals surface area contributed by atoms with Gasteiger partial charge in [0.1, 0.15) is 6.10 Å². The van der Waals surface area contributed by atoms with Crippen molar-refractivity contribution in [1.29, 1.82) is 0 Å². The fourth-order valence-electron chi connectivity index (χ4n) is 11.0. The molecular formula is C32H50O4. The molecule has 5 rings (SSSR count). The van der Waals surface area contributed by atoms with Crippen LogP contribution in [0.15, 0.2) is 11.6 Å². The third kappa shape index (κ3) is 3.30. The van der Waals surface area contributed by atoms with Gasteiger partial charge < -0.3 is 9.84 Å². The van der Waals surface area contributed by atoms with Gasteiger partial charge in [0.25, 0.3) is 0 Å². The van der Waals surface area contributed by atoms with E-state index in [2.05, 4.69) is 54.5 Å². The number of carboxylic acids is 1. The van der Waals surface area contributed by atoms with E-state index in [-0.39, 0.29) is 45.1 Å². The van der Waals surface area contributed by atoms with Crippen molar-refractivity contribution in [3.05, 3.63) is 11.6 Å². The summed E-state index contributed by atoms with van der Waals surface area (Å²) in [7, 11) is 0. The van der Waals surface area contributed by atoms with Gasteiger partial charge in [-0.25, -0.2) is 0 Å². The van der Waals surface area contributed by atoms with E-state index in [0.717, 1.165) is 57.8 Å². The molecule has 1 N–H and O–H groups in total. The first kappa shape index (κ1) is 26.3. The average molecular weight is 499 g/mol. The second-order valence-electron chi connectivity index (χ2n) is 15.6. The van der Waals surface area contributed by atoms with Gasteiger partial charge in [-0.2, -0.15) is 0 Å². The number of carbonyl (C=O) groups excluding carboxylic acids is 1. The smallest absolute Gasteiger partial charge is 0.310 e. The first-order valence-corrected chi connectivity index (χ1v) is 14.6. The highest BCUT2D eigenvalue weighted by Gasteiger charge is 2.69. The van der Waals surface area contributed by atoms with Crippen LogP contribution in [-0.4, -0.2) is 23.1 Å². The topological polar surface area (TPSA) is 63.6 Å². The minimum Gasteiger partial charge on any atom is -0.481 e. The van der Waals surface area contributed by atoms with Gasteiger partial charge in [0.2, 0.25) is 0 Å². The zero-order chi connectivity index (χ0) is 26.5. The van der Waals surface area contributed by atoms with Crippen molar-refractivity contribution in [1.82, 2.24) is 0 Å². The summed E-state index contributed by atoms with van der Waals surface area (Å²) in [4.78, 5) is 24.7. The Labute approximate surface area is 219 Å². The summed E-state index contributed by atoms with van der Waals surface area (Å²) in [6.45, 7) is 18.5. The van der Waals surface area contributed by atoms with E-state index < -0.39 is 11.4 Å². The molecule has 202 valence electrons.